The van der Waals surface area contributed by atoms with Gasteiger partial charge in [0.2, 0.25) is 0 Å². The van der Waals surface area contributed by atoms with E-state index < -0.39 is 0 Å². The molecule has 4 nitrogen and oxygen atoms in total. The van der Waals surface area contributed by atoms with E-state index in [1.807, 2.05) is 38.4 Å². The van der Waals surface area contributed by atoms with Crippen LogP contribution in [0, 0.1) is 0 Å². The third kappa shape index (κ3) is 3.41. The number of hydrogen-bond acceptors (Lipinski definition) is 3. The molecule has 0 saturated carbocycles. The van der Waals surface area contributed by atoms with E-state index in [0.29, 0.717) is 24.8 Å². The zero-order valence-corrected chi connectivity index (χ0v) is 11.9. The molecule has 1 heterocycles. The highest BCUT2D eigenvalue weighted by molar-refractivity contribution is 6.17. The van der Waals surface area contributed by atoms with Crippen molar-refractivity contribution in [3.05, 3.63) is 41.7 Å². The van der Waals surface area contributed by atoms with Crippen molar-refractivity contribution in [1.29, 1.82) is 0 Å². The van der Waals surface area contributed by atoms with Crippen LogP contribution in [-0.2, 0) is 19.5 Å². The van der Waals surface area contributed by atoms with Crippen LogP contribution in [-0.4, -0.2) is 16.4 Å². The van der Waals surface area contributed by atoms with Gasteiger partial charge in [-0.25, -0.2) is 0 Å². The van der Waals surface area contributed by atoms with Gasteiger partial charge < -0.3 is 9.47 Å². The maximum Gasteiger partial charge on any atom is 0.166 e. The lowest BCUT2D eigenvalue weighted by Crippen LogP contribution is -2.01. The maximum atomic E-state index is 5.94. The summed E-state index contributed by atoms with van der Waals surface area (Å²) in [7, 11) is 1.88. The predicted molar refractivity (Wildman–Crippen MR) is 74.7 cm³/mol. The van der Waals surface area contributed by atoms with E-state index in [-0.39, 0.29) is 0 Å². The van der Waals surface area contributed by atoms with Crippen molar-refractivity contribution in [2.24, 2.45) is 7.05 Å². The Balaban J connectivity index is 2.17. The summed E-state index contributed by atoms with van der Waals surface area (Å²) in [5.74, 6) is 1.83. The molecule has 0 aliphatic rings. The van der Waals surface area contributed by atoms with Gasteiger partial charge in [-0.15, -0.1) is 11.6 Å². The third-order valence-corrected chi connectivity index (χ3v) is 2.93. The Hall–Kier alpha value is -1.68. The van der Waals surface area contributed by atoms with Gasteiger partial charge in [-0.05, 0) is 13.0 Å². The first-order valence-electron chi connectivity index (χ1n) is 6.15. The number of para-hydroxylation sites is 1. The molecule has 2 aromatic rings. The number of hydrogen-bond donors (Lipinski definition) is 0. The lowest BCUT2D eigenvalue weighted by Gasteiger charge is -2.14. The van der Waals surface area contributed by atoms with E-state index in [2.05, 4.69) is 5.10 Å². The van der Waals surface area contributed by atoms with Crippen LogP contribution in [0.5, 0.6) is 11.5 Å². The molecule has 2 rings (SSSR count). The molecule has 0 bridgehead atoms. The summed E-state index contributed by atoms with van der Waals surface area (Å²) in [4.78, 5) is 0. The molecule has 0 N–H and O–H groups in total. The molecule has 0 spiro atoms. The zero-order chi connectivity index (χ0) is 13.7. The molecule has 1 aromatic carbocycles. The Morgan fingerprint density at radius 2 is 2.16 bits per heavy atom. The second kappa shape index (κ2) is 6.48. The van der Waals surface area contributed by atoms with Crippen LogP contribution in [0.3, 0.4) is 0 Å². The smallest absolute Gasteiger partial charge is 0.166 e. The molecule has 0 amide bonds. The van der Waals surface area contributed by atoms with Crippen LogP contribution >= 0.6 is 11.6 Å². The van der Waals surface area contributed by atoms with Gasteiger partial charge in [0.25, 0.3) is 0 Å². The molecule has 0 aliphatic heterocycles. The summed E-state index contributed by atoms with van der Waals surface area (Å²) in [5, 5.41) is 4.11. The van der Waals surface area contributed by atoms with Crippen LogP contribution in [0.4, 0.5) is 0 Å². The van der Waals surface area contributed by atoms with Gasteiger partial charge in [0.15, 0.2) is 11.5 Å². The number of nitrogens with zero attached hydrogens (tertiary/aromatic N) is 2. The molecular weight excluding hydrogens is 264 g/mol. The number of rotatable bonds is 6. The molecular formula is C14H17ClN2O2. The fraction of sp³-hybridized carbons (Fsp3) is 0.357. The van der Waals surface area contributed by atoms with Gasteiger partial charge in [-0.1, -0.05) is 12.1 Å². The van der Waals surface area contributed by atoms with Crippen molar-refractivity contribution >= 4 is 11.6 Å². The van der Waals surface area contributed by atoms with E-state index >= 15 is 0 Å². The highest BCUT2D eigenvalue weighted by atomic mass is 35.5. The van der Waals surface area contributed by atoms with Gasteiger partial charge in [0.1, 0.15) is 6.61 Å². The van der Waals surface area contributed by atoms with E-state index in [9.17, 15) is 0 Å². The van der Waals surface area contributed by atoms with Crippen LogP contribution < -0.4 is 9.47 Å². The minimum atomic E-state index is 0.392. The Morgan fingerprint density at radius 3 is 2.79 bits per heavy atom. The molecule has 0 atom stereocenters. The molecule has 102 valence electrons. The van der Waals surface area contributed by atoms with Crippen molar-refractivity contribution in [3.63, 3.8) is 0 Å². The van der Waals surface area contributed by atoms with Gasteiger partial charge in [0.05, 0.1) is 18.7 Å². The summed E-state index contributed by atoms with van der Waals surface area (Å²) in [5.41, 5.74) is 1.94. The number of halogens is 1. The first-order valence-corrected chi connectivity index (χ1v) is 6.69. The van der Waals surface area contributed by atoms with Gasteiger partial charge in [-0.2, -0.15) is 5.10 Å². The normalized spacial score (nSPS) is 10.5. The number of ether oxygens (including phenoxy) is 2. The fourth-order valence-corrected chi connectivity index (χ4v) is 2.01. The number of aromatic nitrogens is 2. The lowest BCUT2D eigenvalue weighted by molar-refractivity contribution is 0.267. The van der Waals surface area contributed by atoms with Crippen LogP contribution in [0.2, 0.25) is 0 Å². The topological polar surface area (TPSA) is 36.3 Å². The molecule has 0 radical (unpaired) electrons. The largest absolute Gasteiger partial charge is 0.490 e. The number of alkyl halides is 1. The SMILES string of the molecule is CCOc1cccc(CCl)c1OCc1cnn(C)c1. The monoisotopic (exact) mass is 280 g/mol. The maximum absolute atomic E-state index is 5.94. The predicted octanol–water partition coefficient (Wildman–Crippen LogP) is 3.14. The second-order valence-corrected chi connectivity index (χ2v) is 4.39. The van der Waals surface area contributed by atoms with Crippen molar-refractivity contribution in [2.75, 3.05) is 6.61 Å². The van der Waals surface area contributed by atoms with Gasteiger partial charge >= 0.3 is 0 Å². The number of aryl methyl sites for hydroxylation is 1. The molecule has 5 heteroatoms. The highest BCUT2D eigenvalue weighted by Crippen LogP contribution is 2.33. The van der Waals surface area contributed by atoms with Crippen LogP contribution in [0.15, 0.2) is 30.6 Å². The van der Waals surface area contributed by atoms with Crippen LogP contribution in [0.1, 0.15) is 18.1 Å². The lowest BCUT2D eigenvalue weighted by atomic mass is 10.2. The first kappa shape index (κ1) is 13.7. The van der Waals surface area contributed by atoms with Crippen molar-refractivity contribution in [3.8, 4) is 11.5 Å². The number of benzene rings is 1. The molecule has 0 unspecified atom stereocenters. The van der Waals surface area contributed by atoms with Crippen molar-refractivity contribution in [1.82, 2.24) is 9.78 Å². The second-order valence-electron chi connectivity index (χ2n) is 4.12. The average molecular weight is 281 g/mol. The molecule has 0 fully saturated rings. The minimum absolute atomic E-state index is 0.392. The fourth-order valence-electron chi connectivity index (χ4n) is 1.80. The summed E-state index contributed by atoms with van der Waals surface area (Å²) in [6.07, 6.45) is 3.70. The van der Waals surface area contributed by atoms with E-state index in [0.717, 1.165) is 16.9 Å². The summed E-state index contributed by atoms with van der Waals surface area (Å²) >= 11 is 5.94. The Kier molecular flexibility index (Phi) is 4.68. The summed E-state index contributed by atoms with van der Waals surface area (Å²) in [6.45, 7) is 2.98. The molecule has 1 aromatic heterocycles. The van der Waals surface area contributed by atoms with Gasteiger partial charge in [-0.3, -0.25) is 4.68 Å². The average Bonchev–Trinajstić information content (AvgIpc) is 2.83. The Morgan fingerprint density at radius 1 is 1.32 bits per heavy atom. The standard InChI is InChI=1S/C14H17ClN2O2/c1-3-18-13-6-4-5-12(7-15)14(13)19-10-11-8-16-17(2)9-11/h4-6,8-9H,3,7,10H2,1-2H3. The Labute approximate surface area is 117 Å². The molecule has 19 heavy (non-hydrogen) atoms. The summed E-state index contributed by atoms with van der Waals surface area (Å²) < 4.78 is 13.2. The summed E-state index contributed by atoms with van der Waals surface area (Å²) in [6, 6.07) is 5.74. The quantitative estimate of drug-likeness (QED) is 0.763. The Bertz CT molecular complexity index is 540. The van der Waals surface area contributed by atoms with Crippen LogP contribution in [0.25, 0.3) is 0 Å². The first-order chi connectivity index (χ1) is 9.24. The van der Waals surface area contributed by atoms with Gasteiger partial charge in [0, 0.05) is 24.4 Å². The van der Waals surface area contributed by atoms with E-state index in [1.165, 1.54) is 0 Å². The van der Waals surface area contributed by atoms with E-state index in [1.54, 1.807) is 10.9 Å². The third-order valence-electron chi connectivity index (χ3n) is 2.65. The highest BCUT2D eigenvalue weighted by Gasteiger charge is 2.11. The zero-order valence-electron chi connectivity index (χ0n) is 11.1. The minimum Gasteiger partial charge on any atom is -0.490 e. The molecule has 0 saturated heterocycles. The van der Waals surface area contributed by atoms with Crippen molar-refractivity contribution in [2.45, 2.75) is 19.4 Å². The molecule has 0 aliphatic carbocycles. The van der Waals surface area contributed by atoms with E-state index in [4.69, 9.17) is 21.1 Å². The van der Waals surface area contributed by atoms with Crippen molar-refractivity contribution < 1.29 is 9.47 Å².